The maximum atomic E-state index is 12.0. The van der Waals surface area contributed by atoms with E-state index in [9.17, 15) is 13.2 Å². The van der Waals surface area contributed by atoms with Gasteiger partial charge in [-0.25, -0.2) is 0 Å². The highest BCUT2D eigenvalue weighted by Gasteiger charge is 2.28. The fourth-order valence-corrected chi connectivity index (χ4v) is 1.52. The zero-order chi connectivity index (χ0) is 15.9. The molecule has 1 rings (SSSR count). The summed E-state index contributed by atoms with van der Waals surface area (Å²) in [5.74, 6) is 0.864. The molecule has 0 aliphatic heterocycles. The topological polar surface area (TPSA) is 45.7 Å². The lowest BCUT2D eigenvalue weighted by Crippen LogP contribution is -2.40. The van der Waals surface area contributed by atoms with Crippen molar-refractivity contribution in [1.82, 2.24) is 10.6 Å². The maximum Gasteiger partial charge on any atom is 0.422 e. The number of hydrogen-bond donors (Lipinski definition) is 2. The fourth-order valence-electron chi connectivity index (χ4n) is 1.52. The van der Waals surface area contributed by atoms with Gasteiger partial charge in [0.2, 0.25) is 0 Å². The third-order valence-corrected chi connectivity index (χ3v) is 2.43. The van der Waals surface area contributed by atoms with Crippen molar-refractivity contribution >= 4 is 5.96 Å². The molecule has 0 aliphatic carbocycles. The minimum absolute atomic E-state index is 0.195. The second-order valence-corrected chi connectivity index (χ2v) is 4.77. The van der Waals surface area contributed by atoms with Crippen molar-refractivity contribution < 1.29 is 17.9 Å². The molecule has 0 spiro atoms. The Morgan fingerprint density at radius 2 is 1.86 bits per heavy atom. The van der Waals surface area contributed by atoms with E-state index in [2.05, 4.69) is 20.4 Å². The molecule has 118 valence electrons. The molecular formula is C14H20F3N3O. The van der Waals surface area contributed by atoms with Crippen LogP contribution in [0.25, 0.3) is 0 Å². The van der Waals surface area contributed by atoms with Gasteiger partial charge in [-0.3, -0.25) is 4.99 Å². The zero-order valence-electron chi connectivity index (χ0n) is 12.3. The number of rotatable bonds is 5. The molecule has 0 saturated carbocycles. The van der Waals surface area contributed by atoms with Crippen LogP contribution in [-0.4, -0.2) is 31.8 Å². The molecule has 1 aromatic rings. The quantitative estimate of drug-likeness (QED) is 0.649. The number of aliphatic imine (C=N–C) groups is 1. The van der Waals surface area contributed by atoms with Crippen LogP contribution < -0.4 is 15.4 Å². The average Bonchev–Trinajstić information content (AvgIpc) is 2.41. The van der Waals surface area contributed by atoms with Gasteiger partial charge in [-0.15, -0.1) is 0 Å². The highest BCUT2D eigenvalue weighted by molar-refractivity contribution is 5.79. The van der Waals surface area contributed by atoms with E-state index in [1.54, 1.807) is 19.2 Å². The van der Waals surface area contributed by atoms with E-state index < -0.39 is 12.8 Å². The van der Waals surface area contributed by atoms with Gasteiger partial charge in [0.1, 0.15) is 5.75 Å². The predicted octanol–water partition coefficient (Wildman–Crippen LogP) is 2.70. The Kier molecular flexibility index (Phi) is 6.33. The van der Waals surface area contributed by atoms with Crippen LogP contribution in [0.4, 0.5) is 13.2 Å². The molecule has 0 aromatic heterocycles. The molecule has 0 bridgehead atoms. The Hall–Kier alpha value is -1.92. The van der Waals surface area contributed by atoms with Gasteiger partial charge in [-0.2, -0.15) is 13.2 Å². The molecular weight excluding hydrogens is 283 g/mol. The summed E-state index contributed by atoms with van der Waals surface area (Å²) in [7, 11) is 1.67. The van der Waals surface area contributed by atoms with Gasteiger partial charge >= 0.3 is 6.18 Å². The Morgan fingerprint density at radius 3 is 2.33 bits per heavy atom. The summed E-state index contributed by atoms with van der Waals surface area (Å²) in [5, 5.41) is 6.25. The van der Waals surface area contributed by atoms with E-state index in [0.29, 0.717) is 12.5 Å². The summed E-state index contributed by atoms with van der Waals surface area (Å²) in [6, 6.07) is 6.71. The first-order valence-corrected chi connectivity index (χ1v) is 6.56. The number of hydrogen-bond acceptors (Lipinski definition) is 2. The molecule has 2 N–H and O–H groups in total. The fraction of sp³-hybridized carbons (Fsp3) is 0.500. The van der Waals surface area contributed by atoms with Crippen molar-refractivity contribution in [3.05, 3.63) is 29.8 Å². The smallest absolute Gasteiger partial charge is 0.422 e. The van der Waals surface area contributed by atoms with Crippen LogP contribution >= 0.6 is 0 Å². The van der Waals surface area contributed by atoms with Gasteiger partial charge in [0.05, 0.1) is 0 Å². The molecule has 0 aliphatic rings. The molecule has 0 amide bonds. The second-order valence-electron chi connectivity index (χ2n) is 4.77. The van der Waals surface area contributed by atoms with Crippen LogP contribution in [-0.2, 0) is 6.54 Å². The predicted molar refractivity (Wildman–Crippen MR) is 76.5 cm³/mol. The maximum absolute atomic E-state index is 12.0. The summed E-state index contributed by atoms with van der Waals surface area (Å²) in [4.78, 5) is 4.06. The summed E-state index contributed by atoms with van der Waals surface area (Å²) in [5.41, 5.74) is 0.918. The molecule has 0 fully saturated rings. The highest BCUT2D eigenvalue weighted by atomic mass is 19.4. The number of nitrogens with zero attached hydrogens (tertiary/aromatic N) is 1. The van der Waals surface area contributed by atoms with E-state index in [0.717, 1.165) is 5.56 Å². The lowest BCUT2D eigenvalue weighted by molar-refractivity contribution is -0.153. The van der Waals surface area contributed by atoms with Crippen LogP contribution in [0.15, 0.2) is 29.3 Å². The van der Waals surface area contributed by atoms with Crippen LogP contribution in [0.5, 0.6) is 5.75 Å². The van der Waals surface area contributed by atoms with Gasteiger partial charge in [-0.1, -0.05) is 12.1 Å². The monoisotopic (exact) mass is 303 g/mol. The lowest BCUT2D eigenvalue weighted by atomic mass is 10.2. The molecule has 0 atom stereocenters. The summed E-state index contributed by atoms with van der Waals surface area (Å²) in [6.07, 6.45) is -4.32. The molecule has 7 heteroatoms. The normalized spacial score (nSPS) is 12.4. The zero-order valence-corrected chi connectivity index (χ0v) is 12.3. The largest absolute Gasteiger partial charge is 0.484 e. The number of benzene rings is 1. The first-order chi connectivity index (χ1) is 9.80. The Morgan fingerprint density at radius 1 is 1.24 bits per heavy atom. The van der Waals surface area contributed by atoms with Crippen molar-refractivity contribution in [1.29, 1.82) is 0 Å². The first-order valence-electron chi connectivity index (χ1n) is 6.56. The molecule has 1 aromatic carbocycles. The van der Waals surface area contributed by atoms with Crippen LogP contribution in [0, 0.1) is 0 Å². The number of halogens is 3. The van der Waals surface area contributed by atoms with E-state index in [1.165, 1.54) is 12.1 Å². The third-order valence-electron chi connectivity index (χ3n) is 2.43. The van der Waals surface area contributed by atoms with Gasteiger partial charge in [0.25, 0.3) is 0 Å². The lowest BCUT2D eigenvalue weighted by Gasteiger charge is -2.14. The van der Waals surface area contributed by atoms with Crippen molar-refractivity contribution in [2.75, 3.05) is 13.7 Å². The molecule has 0 saturated heterocycles. The van der Waals surface area contributed by atoms with Gasteiger partial charge in [0.15, 0.2) is 12.6 Å². The molecule has 0 radical (unpaired) electrons. The van der Waals surface area contributed by atoms with Crippen LogP contribution in [0.2, 0.25) is 0 Å². The van der Waals surface area contributed by atoms with Gasteiger partial charge in [0, 0.05) is 19.6 Å². The van der Waals surface area contributed by atoms with Crippen molar-refractivity contribution in [2.24, 2.45) is 4.99 Å². The molecule has 0 unspecified atom stereocenters. The minimum Gasteiger partial charge on any atom is -0.484 e. The van der Waals surface area contributed by atoms with Gasteiger partial charge in [-0.05, 0) is 31.5 Å². The van der Waals surface area contributed by atoms with E-state index in [1.807, 2.05) is 13.8 Å². The standard InChI is InChI=1S/C14H20F3N3O/c1-10(2)20-13(18-3)19-8-11-4-6-12(7-5-11)21-9-14(15,16)17/h4-7,10H,8-9H2,1-3H3,(H2,18,19,20). The minimum atomic E-state index is -4.32. The van der Waals surface area contributed by atoms with Crippen molar-refractivity contribution in [3.63, 3.8) is 0 Å². The average molecular weight is 303 g/mol. The Labute approximate surface area is 122 Å². The van der Waals surface area contributed by atoms with Crippen molar-refractivity contribution in [2.45, 2.75) is 32.6 Å². The molecule has 21 heavy (non-hydrogen) atoms. The number of nitrogens with one attached hydrogen (secondary N) is 2. The summed E-state index contributed by atoms with van der Waals surface area (Å²) >= 11 is 0. The summed E-state index contributed by atoms with van der Waals surface area (Å²) in [6.45, 7) is 3.24. The van der Waals surface area contributed by atoms with Crippen LogP contribution in [0.1, 0.15) is 19.4 Å². The Balaban J connectivity index is 2.47. The van der Waals surface area contributed by atoms with E-state index in [4.69, 9.17) is 0 Å². The van der Waals surface area contributed by atoms with Gasteiger partial charge < -0.3 is 15.4 Å². The Bertz CT molecular complexity index is 456. The number of ether oxygens (including phenoxy) is 1. The summed E-state index contributed by atoms with van der Waals surface area (Å²) < 4.78 is 40.7. The van der Waals surface area contributed by atoms with E-state index in [-0.39, 0.29) is 11.8 Å². The first kappa shape index (κ1) is 17.1. The number of alkyl halides is 3. The second kappa shape index (κ2) is 7.75. The third kappa shape index (κ3) is 7.43. The van der Waals surface area contributed by atoms with E-state index >= 15 is 0 Å². The molecule has 4 nitrogen and oxygen atoms in total. The SMILES string of the molecule is CN=C(NCc1ccc(OCC(F)(F)F)cc1)NC(C)C. The number of guanidine groups is 1. The highest BCUT2D eigenvalue weighted by Crippen LogP contribution is 2.18. The van der Waals surface area contributed by atoms with Crippen LogP contribution in [0.3, 0.4) is 0 Å². The molecule has 0 heterocycles. The van der Waals surface area contributed by atoms with Crippen molar-refractivity contribution in [3.8, 4) is 5.75 Å².